The quantitative estimate of drug-likeness (QED) is 0.591. The summed E-state index contributed by atoms with van der Waals surface area (Å²) in [6.07, 6.45) is 9.86. The van der Waals surface area contributed by atoms with E-state index in [9.17, 15) is 4.79 Å². The molecule has 3 rings (SSSR count). The van der Waals surface area contributed by atoms with Gasteiger partial charge in [-0.1, -0.05) is 36.4 Å². The summed E-state index contributed by atoms with van der Waals surface area (Å²) < 4.78 is 0. The van der Waals surface area contributed by atoms with Gasteiger partial charge in [-0.2, -0.15) is 0 Å². The van der Waals surface area contributed by atoms with Crippen LogP contribution in [0, 0.1) is 0 Å². The zero-order chi connectivity index (χ0) is 18.5. The Bertz CT molecular complexity index is 821. The van der Waals surface area contributed by atoms with Gasteiger partial charge in [-0.25, -0.2) is 4.99 Å². The minimum absolute atomic E-state index is 0.0381. The van der Waals surface area contributed by atoms with Gasteiger partial charge in [-0.3, -0.25) is 4.79 Å². The van der Waals surface area contributed by atoms with Crippen LogP contribution in [-0.2, 0) is 4.79 Å². The molecule has 1 aliphatic carbocycles. The third-order valence-corrected chi connectivity index (χ3v) is 5.30. The summed E-state index contributed by atoms with van der Waals surface area (Å²) in [5.41, 5.74) is 3.09. The minimum atomic E-state index is -0.0381. The molecule has 0 aromatic heterocycles. The average molecular weight is 385 g/mol. The summed E-state index contributed by atoms with van der Waals surface area (Å²) in [5, 5.41) is 2.49. The van der Waals surface area contributed by atoms with Crippen molar-refractivity contribution in [3.05, 3.63) is 76.8 Å². The molecule has 1 saturated heterocycles. The molecule has 134 valence electrons. The van der Waals surface area contributed by atoms with E-state index >= 15 is 0 Å². The summed E-state index contributed by atoms with van der Waals surface area (Å²) in [6, 6.07) is 7.32. The number of amides is 1. The molecule has 1 atom stereocenters. The van der Waals surface area contributed by atoms with E-state index < -0.39 is 0 Å². The highest BCUT2D eigenvalue weighted by atomic mass is 35.5. The normalized spacial score (nSPS) is 19.1. The first-order chi connectivity index (χ1) is 12.6. The Hall–Kier alpha value is -2.04. The van der Waals surface area contributed by atoms with E-state index in [0.29, 0.717) is 10.7 Å². The lowest BCUT2D eigenvalue weighted by atomic mass is 10.1. The minimum Gasteiger partial charge on any atom is -0.304 e. The van der Waals surface area contributed by atoms with Gasteiger partial charge in [-0.15, -0.1) is 11.8 Å². The molecule has 0 bridgehead atoms. The van der Waals surface area contributed by atoms with Crippen molar-refractivity contribution in [2.75, 3.05) is 5.75 Å². The number of rotatable bonds is 6. The number of benzene rings is 1. The van der Waals surface area contributed by atoms with Gasteiger partial charge in [-0.05, 0) is 61.3 Å². The number of allylic oxidation sites excluding steroid dienone is 5. The number of aliphatic imine (C=N–C) groups is 1. The molecule has 26 heavy (non-hydrogen) atoms. The number of carbonyl (C=O) groups excluding carboxylic acids is 1. The smallest absolute Gasteiger partial charge is 0.277 e. The number of nitrogens with zero attached hydrogens (tertiary/aromatic N) is 2. The largest absolute Gasteiger partial charge is 0.304 e. The highest BCUT2D eigenvalue weighted by Crippen LogP contribution is 2.33. The van der Waals surface area contributed by atoms with Crippen LogP contribution in [0.3, 0.4) is 0 Å². The Morgan fingerprint density at radius 3 is 2.88 bits per heavy atom. The van der Waals surface area contributed by atoms with Gasteiger partial charge >= 0.3 is 0 Å². The maximum atomic E-state index is 13.2. The third kappa shape index (κ3) is 4.02. The third-order valence-electron chi connectivity index (χ3n) is 4.34. The first-order valence-electron chi connectivity index (χ1n) is 8.60. The number of hydrogen-bond donors (Lipinski definition) is 0. The van der Waals surface area contributed by atoms with Gasteiger partial charge in [0.25, 0.3) is 5.91 Å². The van der Waals surface area contributed by atoms with Gasteiger partial charge < -0.3 is 4.90 Å². The fourth-order valence-corrected chi connectivity index (χ4v) is 3.80. The van der Waals surface area contributed by atoms with Crippen LogP contribution >= 0.6 is 23.4 Å². The van der Waals surface area contributed by atoms with Crippen LogP contribution in [0.1, 0.15) is 19.8 Å². The number of thioether (sulfide) groups is 1. The van der Waals surface area contributed by atoms with E-state index in [2.05, 4.69) is 30.6 Å². The second-order valence-electron chi connectivity index (χ2n) is 6.12. The first kappa shape index (κ1) is 18.7. The molecule has 1 heterocycles. The summed E-state index contributed by atoms with van der Waals surface area (Å²) in [7, 11) is 0. The fraction of sp³-hybridized carbons (Fsp3) is 0.238. The Labute approximate surface area is 163 Å². The van der Waals surface area contributed by atoms with Gasteiger partial charge in [0.1, 0.15) is 5.71 Å². The lowest BCUT2D eigenvalue weighted by molar-refractivity contribution is -0.122. The monoisotopic (exact) mass is 384 g/mol. The predicted molar refractivity (Wildman–Crippen MR) is 112 cm³/mol. The first-order valence-corrected chi connectivity index (χ1v) is 10.0. The molecule has 1 fully saturated rings. The van der Waals surface area contributed by atoms with Crippen LogP contribution in [-0.4, -0.2) is 28.3 Å². The average Bonchev–Trinajstić information content (AvgIpc) is 2.78. The van der Waals surface area contributed by atoms with Gasteiger partial charge in [0.2, 0.25) is 0 Å². The fourth-order valence-electron chi connectivity index (χ4n) is 3.03. The zero-order valence-electron chi connectivity index (χ0n) is 14.7. The Balaban J connectivity index is 1.96. The highest BCUT2D eigenvalue weighted by Gasteiger charge is 2.39. The van der Waals surface area contributed by atoms with Crippen molar-refractivity contribution >= 4 is 40.7 Å². The van der Waals surface area contributed by atoms with Crippen LogP contribution in [0.25, 0.3) is 0 Å². The van der Waals surface area contributed by atoms with E-state index in [1.807, 2.05) is 34.6 Å². The number of carbonyl (C=O) groups is 1. The zero-order valence-corrected chi connectivity index (χ0v) is 16.3. The molecule has 1 unspecified atom stereocenters. The maximum absolute atomic E-state index is 13.2. The van der Waals surface area contributed by atoms with E-state index in [0.717, 1.165) is 35.6 Å². The number of likely N-dealkylation sites (tertiary alicyclic amines) is 1. The van der Waals surface area contributed by atoms with E-state index in [1.165, 1.54) is 0 Å². The molecular weight excluding hydrogens is 364 g/mol. The molecule has 0 N–H and O–H groups in total. The lowest BCUT2D eigenvalue weighted by Crippen LogP contribution is -2.35. The van der Waals surface area contributed by atoms with Crippen LogP contribution in [0.5, 0.6) is 0 Å². The highest BCUT2D eigenvalue weighted by molar-refractivity contribution is 8.02. The van der Waals surface area contributed by atoms with E-state index in [-0.39, 0.29) is 11.9 Å². The standard InChI is InChI=1S/C21H21ClN2OS/c1-3-26-14-13-15(2)24-19-8-6-4-5-7-18(19)20(21(24)25)23-17-11-9-16(22)10-12-17/h3-4,6-12,15H,1,5,13-14H2,2H3. The number of hydrogen-bond acceptors (Lipinski definition) is 3. The summed E-state index contributed by atoms with van der Waals surface area (Å²) in [4.78, 5) is 19.7. The maximum Gasteiger partial charge on any atom is 0.277 e. The van der Waals surface area contributed by atoms with Crippen molar-refractivity contribution in [2.24, 2.45) is 4.99 Å². The molecule has 0 radical (unpaired) electrons. The van der Waals surface area contributed by atoms with Crippen LogP contribution in [0.4, 0.5) is 5.69 Å². The van der Waals surface area contributed by atoms with E-state index in [4.69, 9.17) is 11.6 Å². The van der Waals surface area contributed by atoms with Crippen molar-refractivity contribution in [3.8, 4) is 0 Å². The lowest BCUT2D eigenvalue weighted by Gasteiger charge is -2.25. The molecular formula is C21H21ClN2OS. The number of fused-ring (bicyclic) bond motifs is 1. The van der Waals surface area contributed by atoms with Gasteiger partial charge in [0.15, 0.2) is 0 Å². The van der Waals surface area contributed by atoms with Crippen molar-refractivity contribution in [1.82, 2.24) is 4.90 Å². The van der Waals surface area contributed by atoms with Crippen LogP contribution in [0.15, 0.2) is 76.8 Å². The number of halogens is 1. The predicted octanol–water partition coefficient (Wildman–Crippen LogP) is 5.68. The second kappa shape index (κ2) is 8.56. The Morgan fingerprint density at radius 2 is 2.15 bits per heavy atom. The van der Waals surface area contributed by atoms with Gasteiger partial charge in [0.05, 0.1) is 11.4 Å². The van der Waals surface area contributed by atoms with Crippen molar-refractivity contribution in [3.63, 3.8) is 0 Å². The SMILES string of the molecule is C=CSCCC(C)N1C(=O)C(=Nc2ccc(Cl)cc2)C2=CCC=CC=C21. The summed E-state index contributed by atoms with van der Waals surface area (Å²) >= 11 is 7.62. The topological polar surface area (TPSA) is 32.7 Å². The second-order valence-corrected chi connectivity index (χ2v) is 7.63. The molecule has 0 spiro atoms. The molecule has 1 aromatic rings. The Kier molecular flexibility index (Phi) is 6.17. The molecule has 5 heteroatoms. The molecule has 1 aliphatic heterocycles. The van der Waals surface area contributed by atoms with E-state index in [1.54, 1.807) is 23.9 Å². The Morgan fingerprint density at radius 1 is 1.38 bits per heavy atom. The molecule has 3 nitrogen and oxygen atoms in total. The molecule has 0 saturated carbocycles. The van der Waals surface area contributed by atoms with Crippen molar-refractivity contribution < 1.29 is 4.79 Å². The summed E-state index contributed by atoms with van der Waals surface area (Å²) in [5.74, 6) is 0.893. The van der Waals surface area contributed by atoms with Crippen LogP contribution < -0.4 is 0 Å². The summed E-state index contributed by atoms with van der Waals surface area (Å²) in [6.45, 7) is 5.82. The molecule has 1 aromatic carbocycles. The van der Waals surface area contributed by atoms with Crippen molar-refractivity contribution in [2.45, 2.75) is 25.8 Å². The molecule has 1 amide bonds. The molecule has 2 aliphatic rings. The van der Waals surface area contributed by atoms with Crippen molar-refractivity contribution in [1.29, 1.82) is 0 Å². The van der Waals surface area contributed by atoms with Crippen LogP contribution in [0.2, 0.25) is 5.02 Å². The van der Waals surface area contributed by atoms with Gasteiger partial charge in [0, 0.05) is 16.6 Å².